The Morgan fingerprint density at radius 1 is 0.361 bits per heavy atom. The van der Waals surface area contributed by atoms with Crippen LogP contribution in [0.5, 0.6) is 0 Å². The summed E-state index contributed by atoms with van der Waals surface area (Å²) in [6.07, 6.45) is -20.5. The van der Waals surface area contributed by atoms with Gasteiger partial charge in [-0.15, -0.1) is 0 Å². The molecule has 0 saturated heterocycles. The van der Waals surface area contributed by atoms with Crippen LogP contribution >= 0.6 is 0 Å². The Morgan fingerprint density at radius 2 is 0.528 bits per heavy atom. The highest BCUT2D eigenvalue weighted by Gasteiger charge is 2.31. The minimum atomic E-state index is -1.79. The summed E-state index contributed by atoms with van der Waals surface area (Å²) in [4.78, 5) is 29.7. The van der Waals surface area contributed by atoms with Crippen LogP contribution in [0.1, 0.15) is 0 Å². The Balaban J connectivity index is -0.000000454. The number of hydrogen-bond donors (Lipinski definition) is 15. The molecule has 0 amide bonds. The van der Waals surface area contributed by atoms with E-state index in [2.05, 4.69) is 0 Å². The summed E-state index contributed by atoms with van der Waals surface area (Å²) in [5.74, 6) is 0. The summed E-state index contributed by atoms with van der Waals surface area (Å²) >= 11 is 0. The molecule has 0 fully saturated rings. The van der Waals surface area contributed by atoms with Gasteiger partial charge in [-0.1, -0.05) is 0 Å². The van der Waals surface area contributed by atoms with E-state index in [-0.39, 0.29) is 18.9 Å². The first-order valence-electron chi connectivity index (χ1n) is 9.98. The number of carbonyl (C=O) groups excluding carboxylic acids is 3. The monoisotopic (exact) mass is 540 g/mol. The average Bonchev–Trinajstić information content (AvgIpc) is 2.92. The van der Waals surface area contributed by atoms with Crippen molar-refractivity contribution in [2.24, 2.45) is 0 Å². The van der Waals surface area contributed by atoms with Gasteiger partial charge < -0.3 is 91.0 Å². The van der Waals surface area contributed by atoms with E-state index >= 15 is 0 Å². The van der Waals surface area contributed by atoms with Gasteiger partial charge in [-0.25, -0.2) is 0 Å². The van der Waals surface area contributed by atoms with E-state index < -0.39 is 93.1 Å². The van der Waals surface area contributed by atoms with E-state index in [0.29, 0.717) is 0 Å². The molecule has 0 aromatic heterocycles. The quantitative estimate of drug-likeness (QED) is 0.0856. The van der Waals surface area contributed by atoms with Gasteiger partial charge in [0, 0.05) is 0 Å². The van der Waals surface area contributed by atoms with Crippen molar-refractivity contribution < 1.29 is 91.0 Å². The van der Waals surface area contributed by atoms with Crippen LogP contribution in [0.15, 0.2) is 0 Å². The van der Waals surface area contributed by atoms with Gasteiger partial charge in [0.15, 0.2) is 18.9 Å². The number of rotatable bonds is 15. The van der Waals surface area contributed by atoms with Crippen LogP contribution in [0, 0.1) is 0 Å². The third-order valence-corrected chi connectivity index (χ3v) is 4.26. The molecule has 0 unspecified atom stereocenters. The minimum Gasteiger partial charge on any atom is -0.394 e. The number of aldehydes is 3. The van der Waals surface area contributed by atoms with Crippen molar-refractivity contribution in [2.75, 3.05) is 19.8 Å². The maximum absolute atomic E-state index is 9.90. The molecule has 0 saturated carbocycles. The second-order valence-corrected chi connectivity index (χ2v) is 7.07. The molecule has 0 radical (unpaired) electrons. The Kier molecular flexibility index (Phi) is 23.2. The molecule has 15 N–H and O–H groups in total. The Hall–Kier alpha value is -1.59. The van der Waals surface area contributed by atoms with E-state index in [1.165, 1.54) is 0 Å². The molecule has 0 aliphatic heterocycles. The van der Waals surface area contributed by atoms with Gasteiger partial charge in [-0.05, 0) is 0 Å². The molecular formula is C18H36O18. The molecule has 0 spiro atoms. The first kappa shape index (κ1) is 38.9. The van der Waals surface area contributed by atoms with Gasteiger partial charge >= 0.3 is 0 Å². The summed E-state index contributed by atoms with van der Waals surface area (Å²) in [7, 11) is 0. The highest BCUT2D eigenvalue weighted by Crippen LogP contribution is 2.04. The highest BCUT2D eigenvalue weighted by molar-refractivity contribution is 5.57. The third kappa shape index (κ3) is 14.8. The van der Waals surface area contributed by atoms with Crippen molar-refractivity contribution in [1.82, 2.24) is 0 Å². The second kappa shape index (κ2) is 21.5. The third-order valence-electron chi connectivity index (χ3n) is 4.26. The van der Waals surface area contributed by atoms with Crippen LogP contribution in [0.4, 0.5) is 0 Å². The Labute approximate surface area is 203 Å². The van der Waals surface area contributed by atoms with Crippen LogP contribution in [-0.4, -0.2) is 189 Å². The van der Waals surface area contributed by atoms with E-state index in [1.54, 1.807) is 0 Å². The maximum atomic E-state index is 9.90. The zero-order valence-electron chi connectivity index (χ0n) is 18.7. The van der Waals surface area contributed by atoms with E-state index in [0.717, 1.165) is 0 Å². The molecule has 0 aliphatic rings. The standard InChI is InChI=1S/3C6H12O6/c3*7-1-3(9)5(11)6(12)4(10)2-8/h3*1,3-6,8-12H,2H2/t3-,4+,5+,6+;3-,4+,5+,6-;3-,4-,5-,6-/m001/s1. The molecule has 0 aliphatic carbocycles. The number of aliphatic hydroxyl groups excluding tert-OH is 15. The molecule has 0 heterocycles. The molecule has 0 aromatic rings. The minimum absolute atomic E-state index is 0.0258. The van der Waals surface area contributed by atoms with Gasteiger partial charge in [-0.3, -0.25) is 0 Å². The van der Waals surface area contributed by atoms with Crippen molar-refractivity contribution >= 4 is 18.9 Å². The topological polar surface area (TPSA) is 355 Å². The number of aliphatic hydroxyl groups is 15. The first-order valence-corrected chi connectivity index (χ1v) is 9.98. The second-order valence-electron chi connectivity index (χ2n) is 7.07. The van der Waals surface area contributed by atoms with Crippen molar-refractivity contribution in [3.05, 3.63) is 0 Å². The first-order chi connectivity index (χ1) is 16.6. The fourth-order valence-electron chi connectivity index (χ4n) is 1.85. The van der Waals surface area contributed by atoms with Crippen LogP contribution in [0.25, 0.3) is 0 Å². The average molecular weight is 540 g/mol. The lowest BCUT2D eigenvalue weighted by Crippen LogP contribution is -2.46. The van der Waals surface area contributed by atoms with Crippen LogP contribution < -0.4 is 0 Å². The highest BCUT2D eigenvalue weighted by atomic mass is 16.4. The number of carbonyl (C=O) groups is 3. The molecule has 0 bridgehead atoms. The molecule has 0 aromatic carbocycles. The molecule has 36 heavy (non-hydrogen) atoms. The normalized spacial score (nSPS) is 21.1. The summed E-state index contributed by atoms with van der Waals surface area (Å²) in [5.41, 5.74) is 0. The number of hydrogen-bond acceptors (Lipinski definition) is 18. The lowest BCUT2D eigenvalue weighted by Gasteiger charge is -2.22. The fourth-order valence-corrected chi connectivity index (χ4v) is 1.85. The smallest absolute Gasteiger partial charge is 0.151 e. The summed E-state index contributed by atoms with van der Waals surface area (Å²) < 4.78 is 0. The van der Waals surface area contributed by atoms with E-state index in [1.807, 2.05) is 0 Å². The van der Waals surface area contributed by atoms with Crippen LogP contribution in [-0.2, 0) is 14.4 Å². The van der Waals surface area contributed by atoms with Gasteiger partial charge in [0.1, 0.15) is 73.2 Å². The maximum Gasteiger partial charge on any atom is 0.151 e. The van der Waals surface area contributed by atoms with Gasteiger partial charge in [-0.2, -0.15) is 0 Å². The Bertz CT molecular complexity index is 490. The van der Waals surface area contributed by atoms with Crippen LogP contribution in [0.3, 0.4) is 0 Å². The summed E-state index contributed by atoms with van der Waals surface area (Å²) in [6, 6.07) is 0. The molecule has 18 heteroatoms. The molecular weight excluding hydrogens is 504 g/mol. The van der Waals surface area contributed by atoms with Crippen molar-refractivity contribution in [3.63, 3.8) is 0 Å². The molecule has 18 nitrogen and oxygen atoms in total. The van der Waals surface area contributed by atoms with E-state index in [9.17, 15) is 14.4 Å². The van der Waals surface area contributed by atoms with Crippen molar-refractivity contribution in [2.45, 2.75) is 73.2 Å². The van der Waals surface area contributed by atoms with Crippen molar-refractivity contribution in [3.8, 4) is 0 Å². The van der Waals surface area contributed by atoms with Gasteiger partial charge in [0.05, 0.1) is 19.8 Å². The fraction of sp³-hybridized carbons (Fsp3) is 0.833. The predicted molar refractivity (Wildman–Crippen MR) is 112 cm³/mol. The molecule has 216 valence electrons. The largest absolute Gasteiger partial charge is 0.394 e. The van der Waals surface area contributed by atoms with Gasteiger partial charge in [0.2, 0.25) is 0 Å². The van der Waals surface area contributed by atoms with E-state index in [4.69, 9.17) is 76.6 Å². The zero-order valence-corrected chi connectivity index (χ0v) is 18.7. The van der Waals surface area contributed by atoms with Gasteiger partial charge in [0.25, 0.3) is 0 Å². The molecule has 12 atom stereocenters. The lowest BCUT2D eigenvalue weighted by molar-refractivity contribution is -0.136. The summed E-state index contributed by atoms with van der Waals surface area (Å²) in [5, 5.41) is 131. The SMILES string of the molecule is O=C[C@@H](O)[C@@H](O)[C@H](O)[C@H](O)CO.O=C[C@H](O)[C@@H](O)[C@@H](O)[C@H](O)CO.O=C[C@H](O)[C@@H](O)[C@H](O)[C@H](O)CO. The Morgan fingerprint density at radius 3 is 0.639 bits per heavy atom. The van der Waals surface area contributed by atoms with Crippen LogP contribution in [0.2, 0.25) is 0 Å². The lowest BCUT2D eigenvalue weighted by atomic mass is 10.0. The molecule has 0 rings (SSSR count). The summed E-state index contributed by atoms with van der Waals surface area (Å²) in [6.45, 7) is -2.28. The van der Waals surface area contributed by atoms with Crippen molar-refractivity contribution in [1.29, 1.82) is 0 Å². The predicted octanol–water partition coefficient (Wildman–Crippen LogP) is -10.1. The zero-order chi connectivity index (χ0) is 29.2.